The summed E-state index contributed by atoms with van der Waals surface area (Å²) in [6.45, 7) is 3.66. The van der Waals surface area contributed by atoms with Crippen LogP contribution in [0.2, 0.25) is 5.02 Å². The van der Waals surface area contributed by atoms with Crippen LogP contribution in [-0.4, -0.2) is 19.3 Å². The van der Waals surface area contributed by atoms with E-state index in [4.69, 9.17) is 16.3 Å². The summed E-state index contributed by atoms with van der Waals surface area (Å²) in [7, 11) is 0. The Morgan fingerprint density at radius 2 is 2.39 bits per heavy atom. The van der Waals surface area contributed by atoms with Gasteiger partial charge in [0.25, 0.3) is 0 Å². The van der Waals surface area contributed by atoms with Crippen molar-refractivity contribution in [2.75, 3.05) is 13.2 Å². The lowest BCUT2D eigenvalue weighted by atomic mass is 9.98. The van der Waals surface area contributed by atoms with Crippen LogP contribution in [0.1, 0.15) is 37.8 Å². The van der Waals surface area contributed by atoms with Crippen molar-refractivity contribution in [2.24, 2.45) is 0 Å². The Hall–Kier alpha value is -0.640. The van der Waals surface area contributed by atoms with E-state index in [9.17, 15) is 4.39 Å². The van der Waals surface area contributed by atoms with Gasteiger partial charge in [0.2, 0.25) is 0 Å². The van der Waals surface area contributed by atoms with Gasteiger partial charge in [-0.2, -0.15) is 0 Å². The Balaban J connectivity index is 2.12. The van der Waals surface area contributed by atoms with Gasteiger partial charge < -0.3 is 10.1 Å². The van der Waals surface area contributed by atoms with Crippen LogP contribution in [0.3, 0.4) is 0 Å². The number of nitrogens with one attached hydrogen (secondary N) is 1. The third kappa shape index (κ3) is 3.44. The highest BCUT2D eigenvalue weighted by molar-refractivity contribution is 6.30. The van der Waals surface area contributed by atoms with Gasteiger partial charge in [-0.15, -0.1) is 0 Å². The van der Waals surface area contributed by atoms with Crippen molar-refractivity contribution in [3.05, 3.63) is 34.6 Å². The molecule has 1 heterocycles. The van der Waals surface area contributed by atoms with Crippen LogP contribution in [0.5, 0.6) is 0 Å². The van der Waals surface area contributed by atoms with E-state index < -0.39 is 0 Å². The molecular formula is C14H19ClFNO. The van der Waals surface area contributed by atoms with E-state index in [1.165, 1.54) is 6.07 Å². The highest BCUT2D eigenvalue weighted by atomic mass is 35.5. The fourth-order valence-electron chi connectivity index (χ4n) is 2.44. The number of rotatable bonds is 5. The molecule has 1 aromatic carbocycles. The van der Waals surface area contributed by atoms with Crippen LogP contribution in [0.15, 0.2) is 18.2 Å². The normalized spacial score (nSPS) is 21.2. The van der Waals surface area contributed by atoms with Crippen molar-refractivity contribution < 1.29 is 9.13 Å². The van der Waals surface area contributed by atoms with Crippen molar-refractivity contribution in [1.29, 1.82) is 0 Å². The van der Waals surface area contributed by atoms with Gasteiger partial charge in [-0.3, -0.25) is 0 Å². The molecule has 2 unspecified atom stereocenters. The molecular weight excluding hydrogens is 253 g/mol. The second-order valence-electron chi connectivity index (χ2n) is 4.65. The number of hydrogen-bond donors (Lipinski definition) is 1. The first-order valence-electron chi connectivity index (χ1n) is 6.50. The Morgan fingerprint density at radius 3 is 3.00 bits per heavy atom. The summed E-state index contributed by atoms with van der Waals surface area (Å²) in [4.78, 5) is 0. The summed E-state index contributed by atoms with van der Waals surface area (Å²) in [5.41, 5.74) is 0.678. The minimum absolute atomic E-state index is 0.00429. The predicted molar refractivity (Wildman–Crippen MR) is 71.4 cm³/mol. The van der Waals surface area contributed by atoms with Gasteiger partial charge in [-0.1, -0.05) is 24.6 Å². The van der Waals surface area contributed by atoms with Crippen molar-refractivity contribution in [3.63, 3.8) is 0 Å². The maximum absolute atomic E-state index is 13.9. The maximum Gasteiger partial charge on any atom is 0.129 e. The Bertz CT molecular complexity index is 393. The average molecular weight is 272 g/mol. The van der Waals surface area contributed by atoms with Gasteiger partial charge in [0.1, 0.15) is 5.82 Å². The molecule has 100 valence electrons. The molecule has 1 aromatic rings. The van der Waals surface area contributed by atoms with E-state index in [2.05, 4.69) is 5.32 Å². The molecule has 0 saturated carbocycles. The minimum atomic E-state index is -0.244. The number of halogens is 2. The third-order valence-corrected chi connectivity index (χ3v) is 3.55. The Kier molecular flexibility index (Phi) is 4.98. The molecule has 4 heteroatoms. The van der Waals surface area contributed by atoms with Crippen LogP contribution in [0, 0.1) is 5.82 Å². The van der Waals surface area contributed by atoms with Gasteiger partial charge in [0, 0.05) is 23.2 Å². The monoisotopic (exact) mass is 271 g/mol. The Morgan fingerprint density at radius 1 is 1.56 bits per heavy atom. The summed E-state index contributed by atoms with van der Waals surface area (Å²) < 4.78 is 19.6. The molecule has 1 fully saturated rings. The molecule has 0 aliphatic carbocycles. The van der Waals surface area contributed by atoms with E-state index in [1.807, 2.05) is 6.92 Å². The first-order valence-corrected chi connectivity index (χ1v) is 6.88. The van der Waals surface area contributed by atoms with Crippen molar-refractivity contribution in [2.45, 2.75) is 38.3 Å². The molecule has 0 aromatic heterocycles. The highest BCUT2D eigenvalue weighted by Gasteiger charge is 2.23. The fourth-order valence-corrected chi connectivity index (χ4v) is 2.60. The van der Waals surface area contributed by atoms with Gasteiger partial charge in [-0.05, 0) is 37.9 Å². The maximum atomic E-state index is 13.9. The summed E-state index contributed by atoms with van der Waals surface area (Å²) in [6, 6.07) is 4.87. The molecule has 0 spiro atoms. The molecule has 0 radical (unpaired) electrons. The molecule has 1 aliphatic rings. The van der Waals surface area contributed by atoms with Crippen LogP contribution < -0.4 is 5.32 Å². The lowest BCUT2D eigenvalue weighted by molar-refractivity contribution is 0.0944. The van der Waals surface area contributed by atoms with Gasteiger partial charge in [0.05, 0.1) is 6.10 Å². The molecule has 2 nitrogen and oxygen atoms in total. The van der Waals surface area contributed by atoms with Crippen LogP contribution in [0.4, 0.5) is 4.39 Å². The first kappa shape index (κ1) is 13.8. The van der Waals surface area contributed by atoms with E-state index in [1.54, 1.807) is 12.1 Å². The second-order valence-corrected chi connectivity index (χ2v) is 5.08. The van der Waals surface area contributed by atoms with Gasteiger partial charge in [-0.25, -0.2) is 4.39 Å². The topological polar surface area (TPSA) is 21.3 Å². The highest BCUT2D eigenvalue weighted by Crippen LogP contribution is 2.28. The minimum Gasteiger partial charge on any atom is -0.378 e. The van der Waals surface area contributed by atoms with Crippen LogP contribution >= 0.6 is 11.6 Å². The standard InChI is InChI=1S/C14H19ClFNO/c1-2-17-14(9-11-4-3-7-18-11)12-6-5-10(15)8-13(12)16/h5-6,8,11,14,17H,2-4,7,9H2,1H3. The number of hydrogen-bond acceptors (Lipinski definition) is 2. The zero-order valence-corrected chi connectivity index (χ0v) is 11.3. The van der Waals surface area contributed by atoms with Crippen LogP contribution in [0.25, 0.3) is 0 Å². The second kappa shape index (κ2) is 6.50. The molecule has 2 atom stereocenters. The van der Waals surface area contributed by atoms with E-state index in [0.29, 0.717) is 10.6 Å². The van der Waals surface area contributed by atoms with Gasteiger partial charge >= 0.3 is 0 Å². The third-order valence-electron chi connectivity index (χ3n) is 3.31. The van der Waals surface area contributed by atoms with Crippen LogP contribution in [-0.2, 0) is 4.74 Å². The lowest BCUT2D eigenvalue weighted by Gasteiger charge is -2.22. The largest absolute Gasteiger partial charge is 0.378 e. The van der Waals surface area contributed by atoms with Crippen molar-refractivity contribution >= 4 is 11.6 Å². The average Bonchev–Trinajstić information content (AvgIpc) is 2.81. The number of ether oxygens (including phenoxy) is 1. The zero-order valence-electron chi connectivity index (χ0n) is 10.6. The van der Waals surface area contributed by atoms with Crippen molar-refractivity contribution in [3.8, 4) is 0 Å². The molecule has 1 N–H and O–H groups in total. The van der Waals surface area contributed by atoms with E-state index in [0.717, 1.165) is 32.4 Å². The molecule has 0 amide bonds. The fraction of sp³-hybridized carbons (Fsp3) is 0.571. The van der Waals surface area contributed by atoms with Crippen molar-refractivity contribution in [1.82, 2.24) is 5.32 Å². The molecule has 0 bridgehead atoms. The predicted octanol–water partition coefficient (Wildman–Crippen LogP) is 3.70. The molecule has 1 aliphatic heterocycles. The molecule has 2 rings (SSSR count). The zero-order chi connectivity index (χ0) is 13.0. The van der Waals surface area contributed by atoms with E-state index in [-0.39, 0.29) is 18.0 Å². The Labute approximate surface area is 112 Å². The summed E-state index contributed by atoms with van der Waals surface area (Å²) in [5, 5.41) is 3.76. The lowest BCUT2D eigenvalue weighted by Crippen LogP contribution is -2.26. The first-order chi connectivity index (χ1) is 8.70. The smallest absolute Gasteiger partial charge is 0.129 e. The van der Waals surface area contributed by atoms with E-state index >= 15 is 0 Å². The molecule has 18 heavy (non-hydrogen) atoms. The summed E-state index contributed by atoms with van der Waals surface area (Å²) in [5.74, 6) is -0.244. The molecule has 1 saturated heterocycles. The number of benzene rings is 1. The SMILES string of the molecule is CCNC(CC1CCCO1)c1ccc(Cl)cc1F. The summed E-state index contributed by atoms with van der Waals surface area (Å²) in [6.07, 6.45) is 3.22. The van der Waals surface area contributed by atoms with Gasteiger partial charge in [0.15, 0.2) is 0 Å². The summed E-state index contributed by atoms with van der Waals surface area (Å²) >= 11 is 5.78. The quantitative estimate of drug-likeness (QED) is 0.882.